The SMILES string of the molecule is Cn1cc(-c2ccc3c(c2)CCN2C3=CC(OCC3COc4ncccc4O3)=NC2O)cn1. The molecular formula is C24H23N5O4. The number of pyridine rings is 1. The van der Waals surface area contributed by atoms with Gasteiger partial charge in [-0.25, -0.2) is 4.98 Å². The highest BCUT2D eigenvalue weighted by Crippen LogP contribution is 2.35. The molecule has 0 fully saturated rings. The van der Waals surface area contributed by atoms with Gasteiger partial charge in [0.25, 0.3) is 5.88 Å². The molecule has 6 rings (SSSR count). The van der Waals surface area contributed by atoms with Gasteiger partial charge in [-0.1, -0.05) is 18.2 Å². The third-order valence-electron chi connectivity index (χ3n) is 5.99. The van der Waals surface area contributed by atoms with Crippen molar-refractivity contribution in [3.05, 3.63) is 66.1 Å². The monoisotopic (exact) mass is 445 g/mol. The van der Waals surface area contributed by atoms with Gasteiger partial charge in [-0.15, -0.1) is 0 Å². The molecule has 2 aromatic heterocycles. The van der Waals surface area contributed by atoms with Crippen LogP contribution in [-0.2, 0) is 18.2 Å². The van der Waals surface area contributed by atoms with E-state index in [2.05, 4.69) is 33.3 Å². The lowest BCUT2D eigenvalue weighted by molar-refractivity contribution is 0.0348. The third-order valence-corrected chi connectivity index (χ3v) is 5.99. The van der Waals surface area contributed by atoms with E-state index in [4.69, 9.17) is 14.2 Å². The average molecular weight is 445 g/mol. The number of nitrogens with zero attached hydrogens (tertiary/aromatic N) is 5. The molecule has 2 unspecified atom stereocenters. The van der Waals surface area contributed by atoms with Crippen molar-refractivity contribution in [2.45, 2.75) is 18.9 Å². The van der Waals surface area contributed by atoms with Crippen LogP contribution in [0.1, 0.15) is 11.1 Å². The van der Waals surface area contributed by atoms with Crippen molar-refractivity contribution in [3.8, 4) is 22.8 Å². The highest BCUT2D eigenvalue weighted by molar-refractivity contribution is 5.97. The van der Waals surface area contributed by atoms with Crippen LogP contribution in [0, 0.1) is 0 Å². The molecule has 3 aliphatic rings. The molecule has 3 aliphatic heterocycles. The summed E-state index contributed by atoms with van der Waals surface area (Å²) in [6.45, 7) is 1.26. The second-order valence-corrected chi connectivity index (χ2v) is 8.23. The lowest BCUT2D eigenvalue weighted by Crippen LogP contribution is -2.41. The summed E-state index contributed by atoms with van der Waals surface area (Å²) < 4.78 is 19.3. The standard InChI is InChI=1S/C24H23N5O4/c1-28-12-17(11-26-28)15-4-5-19-16(9-15)6-8-29-20(19)10-22(27-24(29)30)31-13-18-14-32-23-21(33-18)3-2-7-25-23/h2-5,7,9-12,18,24,30H,6,8,13-14H2,1H3. The molecule has 0 bridgehead atoms. The number of rotatable bonds is 3. The van der Waals surface area contributed by atoms with E-state index in [1.54, 1.807) is 16.9 Å². The highest BCUT2D eigenvalue weighted by atomic mass is 16.6. The van der Waals surface area contributed by atoms with E-state index in [0.717, 1.165) is 28.8 Å². The number of benzene rings is 1. The second kappa shape index (κ2) is 7.93. The van der Waals surface area contributed by atoms with Crippen molar-refractivity contribution in [1.29, 1.82) is 0 Å². The Labute approximate surface area is 190 Å². The molecule has 0 amide bonds. The number of aliphatic hydroxyl groups is 1. The summed E-state index contributed by atoms with van der Waals surface area (Å²) in [5.41, 5.74) is 5.41. The van der Waals surface area contributed by atoms with Gasteiger partial charge < -0.3 is 24.2 Å². The molecule has 9 nitrogen and oxygen atoms in total. The fraction of sp³-hybridized carbons (Fsp3) is 0.292. The molecule has 3 aromatic rings. The first-order chi connectivity index (χ1) is 16.1. The van der Waals surface area contributed by atoms with Crippen molar-refractivity contribution in [1.82, 2.24) is 19.7 Å². The molecule has 33 heavy (non-hydrogen) atoms. The van der Waals surface area contributed by atoms with Crippen molar-refractivity contribution in [2.75, 3.05) is 19.8 Å². The van der Waals surface area contributed by atoms with E-state index in [-0.39, 0.29) is 12.7 Å². The van der Waals surface area contributed by atoms with Gasteiger partial charge in [0.05, 0.1) is 11.9 Å². The normalized spacial score (nSPS) is 21.0. The minimum atomic E-state index is -0.986. The van der Waals surface area contributed by atoms with Gasteiger partial charge in [0.15, 0.2) is 11.9 Å². The van der Waals surface area contributed by atoms with Crippen molar-refractivity contribution < 1.29 is 19.3 Å². The zero-order chi connectivity index (χ0) is 22.4. The molecule has 5 heterocycles. The maximum absolute atomic E-state index is 10.6. The average Bonchev–Trinajstić information content (AvgIpc) is 3.28. The predicted molar refractivity (Wildman–Crippen MR) is 121 cm³/mol. The second-order valence-electron chi connectivity index (χ2n) is 8.23. The topological polar surface area (TPSA) is 94.2 Å². The van der Waals surface area contributed by atoms with Gasteiger partial charge in [0.2, 0.25) is 12.2 Å². The first kappa shape index (κ1) is 19.8. The number of aromatic nitrogens is 3. The zero-order valence-corrected chi connectivity index (χ0v) is 18.1. The Kier molecular flexibility index (Phi) is 4.76. The Morgan fingerprint density at radius 1 is 1.24 bits per heavy atom. The van der Waals surface area contributed by atoms with Gasteiger partial charge in [0.1, 0.15) is 13.2 Å². The van der Waals surface area contributed by atoms with Crippen LogP contribution in [0.5, 0.6) is 11.6 Å². The summed E-state index contributed by atoms with van der Waals surface area (Å²) in [7, 11) is 1.91. The van der Waals surface area contributed by atoms with Gasteiger partial charge in [-0.3, -0.25) is 4.68 Å². The molecule has 9 heteroatoms. The van der Waals surface area contributed by atoms with Crippen LogP contribution < -0.4 is 9.47 Å². The number of fused-ring (bicyclic) bond motifs is 4. The zero-order valence-electron chi connectivity index (χ0n) is 18.1. The molecule has 2 atom stereocenters. The van der Waals surface area contributed by atoms with E-state index in [1.807, 2.05) is 36.5 Å². The molecule has 0 saturated heterocycles. The Hall–Kier alpha value is -3.85. The summed E-state index contributed by atoms with van der Waals surface area (Å²) in [5, 5.41) is 14.9. The van der Waals surface area contributed by atoms with E-state index < -0.39 is 6.35 Å². The number of aliphatic imine (C=N–C) groups is 1. The molecule has 1 aromatic carbocycles. The van der Waals surface area contributed by atoms with E-state index in [1.165, 1.54) is 5.56 Å². The number of hydrogen-bond acceptors (Lipinski definition) is 8. The van der Waals surface area contributed by atoms with Crippen LogP contribution in [0.15, 0.2) is 60.0 Å². The summed E-state index contributed by atoms with van der Waals surface area (Å²) in [5.74, 6) is 1.46. The van der Waals surface area contributed by atoms with Crippen LogP contribution in [0.25, 0.3) is 16.8 Å². The maximum Gasteiger partial charge on any atom is 0.257 e. The number of aliphatic hydroxyl groups excluding tert-OH is 1. The van der Waals surface area contributed by atoms with Gasteiger partial charge in [-0.2, -0.15) is 10.1 Å². The van der Waals surface area contributed by atoms with Crippen LogP contribution in [0.2, 0.25) is 0 Å². The minimum absolute atomic E-state index is 0.246. The third kappa shape index (κ3) is 3.70. The fourth-order valence-corrected chi connectivity index (χ4v) is 4.35. The Balaban J connectivity index is 1.21. The summed E-state index contributed by atoms with van der Waals surface area (Å²) in [4.78, 5) is 10.3. The summed E-state index contributed by atoms with van der Waals surface area (Å²) in [6, 6.07) is 9.98. The minimum Gasteiger partial charge on any atom is -0.478 e. The number of aryl methyl sites for hydroxylation is 1. The van der Waals surface area contributed by atoms with Crippen LogP contribution in [0.3, 0.4) is 0 Å². The Morgan fingerprint density at radius 2 is 2.18 bits per heavy atom. The van der Waals surface area contributed by atoms with E-state index >= 15 is 0 Å². The number of ether oxygens (including phenoxy) is 3. The predicted octanol–water partition coefficient (Wildman–Crippen LogP) is 2.23. The van der Waals surface area contributed by atoms with Crippen molar-refractivity contribution in [2.24, 2.45) is 12.0 Å². The van der Waals surface area contributed by atoms with E-state index in [9.17, 15) is 5.11 Å². The highest BCUT2D eigenvalue weighted by Gasteiger charge is 2.31. The largest absolute Gasteiger partial charge is 0.478 e. The van der Waals surface area contributed by atoms with Gasteiger partial charge >= 0.3 is 0 Å². The molecule has 0 spiro atoms. The molecule has 1 N–H and O–H groups in total. The number of hydrogen-bond donors (Lipinski definition) is 1. The quantitative estimate of drug-likeness (QED) is 0.661. The first-order valence-corrected chi connectivity index (χ1v) is 10.9. The van der Waals surface area contributed by atoms with Gasteiger partial charge in [0, 0.05) is 43.2 Å². The first-order valence-electron chi connectivity index (χ1n) is 10.9. The van der Waals surface area contributed by atoms with Crippen LogP contribution in [0.4, 0.5) is 0 Å². The van der Waals surface area contributed by atoms with E-state index in [0.29, 0.717) is 30.7 Å². The van der Waals surface area contributed by atoms with Crippen LogP contribution in [-0.4, -0.2) is 62.9 Å². The van der Waals surface area contributed by atoms with Crippen LogP contribution >= 0.6 is 0 Å². The molecule has 0 aliphatic carbocycles. The summed E-state index contributed by atoms with van der Waals surface area (Å²) in [6.07, 6.45) is 6.96. The molecule has 0 radical (unpaired) electrons. The summed E-state index contributed by atoms with van der Waals surface area (Å²) >= 11 is 0. The molecule has 0 saturated carbocycles. The Morgan fingerprint density at radius 3 is 3.06 bits per heavy atom. The molecular weight excluding hydrogens is 422 g/mol. The molecule has 168 valence electrons. The van der Waals surface area contributed by atoms with Gasteiger partial charge in [-0.05, 0) is 29.7 Å². The van der Waals surface area contributed by atoms with Crippen molar-refractivity contribution in [3.63, 3.8) is 0 Å². The fourth-order valence-electron chi connectivity index (χ4n) is 4.35. The smallest absolute Gasteiger partial charge is 0.257 e. The lowest BCUT2D eigenvalue weighted by atomic mass is 9.92. The van der Waals surface area contributed by atoms with Crippen molar-refractivity contribution >= 4 is 11.6 Å². The Bertz CT molecular complexity index is 1270. The lowest BCUT2D eigenvalue weighted by Gasteiger charge is -2.37. The maximum atomic E-state index is 10.6.